The molecule has 1 saturated carbocycles. The molecule has 15 nitrogen and oxygen atoms in total. The van der Waals surface area contributed by atoms with Crippen LogP contribution in [-0.4, -0.2) is 118 Å². The predicted molar refractivity (Wildman–Crippen MR) is 197 cm³/mol. The second-order valence-corrected chi connectivity index (χ2v) is 16.2. The molecule has 54 heavy (non-hydrogen) atoms. The SMILES string of the molecule is C[C@H]1CCN1C(=O)O[C@@H]1CC[C@H](c2cc(N)nn2C(=O)CC2CCN(CC3CCN(c4ccc5c(c4)C(=O)N(C4CCC(=O)NC4=O)C5=O)CC3)CC2)C1. The van der Waals surface area contributed by atoms with Gasteiger partial charge in [0.15, 0.2) is 0 Å². The average molecular weight is 743 g/mol. The predicted octanol–water partition coefficient (Wildman–Crippen LogP) is 3.39. The zero-order valence-electron chi connectivity index (χ0n) is 30.9. The number of ether oxygens (including phenoxy) is 1. The molecule has 5 fully saturated rings. The summed E-state index contributed by atoms with van der Waals surface area (Å²) >= 11 is 0. The lowest BCUT2D eigenvalue weighted by Crippen LogP contribution is -2.54. The van der Waals surface area contributed by atoms with Gasteiger partial charge in [0, 0.05) is 62.7 Å². The summed E-state index contributed by atoms with van der Waals surface area (Å²) in [5.74, 6) is -0.772. The molecule has 0 radical (unpaired) electrons. The molecule has 1 aliphatic carbocycles. The fourth-order valence-corrected chi connectivity index (χ4v) is 9.32. The van der Waals surface area contributed by atoms with Crippen molar-refractivity contribution in [3.63, 3.8) is 0 Å². The van der Waals surface area contributed by atoms with Gasteiger partial charge >= 0.3 is 6.09 Å². The van der Waals surface area contributed by atoms with Gasteiger partial charge in [-0.15, -0.1) is 5.10 Å². The minimum Gasteiger partial charge on any atom is -0.446 e. The molecule has 288 valence electrons. The van der Waals surface area contributed by atoms with Crippen LogP contribution >= 0.6 is 0 Å². The highest BCUT2D eigenvalue weighted by Crippen LogP contribution is 2.38. The summed E-state index contributed by atoms with van der Waals surface area (Å²) in [6.07, 6.45) is 7.43. The molecule has 1 aromatic heterocycles. The zero-order chi connectivity index (χ0) is 37.7. The van der Waals surface area contributed by atoms with Crippen LogP contribution in [0, 0.1) is 11.8 Å². The molecule has 0 bridgehead atoms. The molecule has 5 amide bonds. The number of aromatic nitrogens is 2. The van der Waals surface area contributed by atoms with Crippen LogP contribution in [0.2, 0.25) is 0 Å². The number of amides is 5. The third-order valence-corrected chi connectivity index (χ3v) is 12.7. The highest BCUT2D eigenvalue weighted by Gasteiger charge is 2.45. The number of nitrogens with two attached hydrogens (primary N) is 1. The van der Waals surface area contributed by atoms with E-state index in [2.05, 4.69) is 20.2 Å². The fourth-order valence-electron chi connectivity index (χ4n) is 9.32. The van der Waals surface area contributed by atoms with Crippen molar-refractivity contribution in [2.75, 3.05) is 49.9 Å². The number of likely N-dealkylation sites (tertiary alicyclic amines) is 2. The van der Waals surface area contributed by atoms with Crippen LogP contribution in [0.3, 0.4) is 0 Å². The summed E-state index contributed by atoms with van der Waals surface area (Å²) in [5, 5.41) is 6.64. The van der Waals surface area contributed by atoms with Crippen molar-refractivity contribution in [3.05, 3.63) is 41.1 Å². The van der Waals surface area contributed by atoms with E-state index in [0.29, 0.717) is 35.7 Å². The number of imide groups is 2. The number of nitrogens with one attached hydrogen (secondary N) is 1. The van der Waals surface area contributed by atoms with E-state index in [1.807, 2.05) is 13.0 Å². The molecule has 5 aliphatic heterocycles. The van der Waals surface area contributed by atoms with Gasteiger partial charge in [0.1, 0.15) is 18.0 Å². The lowest BCUT2D eigenvalue weighted by atomic mass is 9.90. The Balaban J connectivity index is 0.785. The first kappa shape index (κ1) is 36.2. The Morgan fingerprint density at radius 2 is 1.61 bits per heavy atom. The summed E-state index contributed by atoms with van der Waals surface area (Å²) in [4.78, 5) is 84.1. The van der Waals surface area contributed by atoms with Gasteiger partial charge in [0.2, 0.25) is 17.7 Å². The molecule has 6 heterocycles. The van der Waals surface area contributed by atoms with Crippen molar-refractivity contribution in [1.29, 1.82) is 0 Å². The number of anilines is 2. The maximum Gasteiger partial charge on any atom is 0.410 e. The van der Waals surface area contributed by atoms with E-state index in [9.17, 15) is 28.8 Å². The molecular formula is C39H50N8O7. The van der Waals surface area contributed by atoms with Crippen LogP contribution in [0.4, 0.5) is 16.3 Å². The van der Waals surface area contributed by atoms with Gasteiger partial charge in [0.25, 0.3) is 11.8 Å². The first-order chi connectivity index (χ1) is 26.0. The van der Waals surface area contributed by atoms with Gasteiger partial charge in [-0.05, 0) is 108 Å². The Bertz CT molecular complexity index is 1840. The number of carbonyl (C=O) groups excluding carboxylic acids is 6. The van der Waals surface area contributed by atoms with Gasteiger partial charge in [-0.3, -0.25) is 34.2 Å². The lowest BCUT2D eigenvalue weighted by molar-refractivity contribution is -0.136. The Morgan fingerprint density at radius 3 is 2.31 bits per heavy atom. The van der Waals surface area contributed by atoms with Gasteiger partial charge in [0.05, 0.1) is 16.8 Å². The van der Waals surface area contributed by atoms with Crippen LogP contribution in [0.1, 0.15) is 115 Å². The van der Waals surface area contributed by atoms with E-state index in [4.69, 9.17) is 10.5 Å². The van der Waals surface area contributed by atoms with Gasteiger partial charge in [-0.1, -0.05) is 0 Å². The van der Waals surface area contributed by atoms with Crippen molar-refractivity contribution in [1.82, 2.24) is 29.8 Å². The molecule has 4 atom stereocenters. The molecule has 8 rings (SSSR count). The number of benzene rings is 1. The summed E-state index contributed by atoms with van der Waals surface area (Å²) in [5.41, 5.74) is 8.41. The normalized spacial score (nSPS) is 26.9. The fraction of sp³-hybridized carbons (Fsp3) is 0.615. The molecule has 15 heteroatoms. The average Bonchev–Trinajstić information content (AvgIpc) is 3.84. The van der Waals surface area contributed by atoms with E-state index < -0.39 is 29.7 Å². The Labute approximate surface area is 314 Å². The number of carbonyl (C=O) groups is 6. The highest BCUT2D eigenvalue weighted by molar-refractivity contribution is 6.23. The first-order valence-corrected chi connectivity index (χ1v) is 19.7. The number of hydrogen-bond acceptors (Lipinski definition) is 11. The number of nitrogen functional groups attached to an aromatic ring is 1. The summed E-state index contributed by atoms with van der Waals surface area (Å²) in [7, 11) is 0. The number of nitrogens with zero attached hydrogens (tertiary/aromatic N) is 6. The molecule has 0 spiro atoms. The number of hydrogen-bond donors (Lipinski definition) is 2. The zero-order valence-corrected chi connectivity index (χ0v) is 30.9. The van der Waals surface area contributed by atoms with E-state index in [0.717, 1.165) is 100 Å². The molecule has 1 unspecified atom stereocenters. The van der Waals surface area contributed by atoms with Gasteiger partial charge in [-0.25, -0.2) is 9.48 Å². The monoisotopic (exact) mass is 742 g/mol. The highest BCUT2D eigenvalue weighted by atomic mass is 16.6. The summed E-state index contributed by atoms with van der Waals surface area (Å²) in [6.45, 7) is 7.36. The summed E-state index contributed by atoms with van der Waals surface area (Å²) < 4.78 is 7.32. The van der Waals surface area contributed by atoms with E-state index in [1.165, 1.54) is 4.68 Å². The maximum absolute atomic E-state index is 13.6. The Hall–Kier alpha value is -4.79. The quantitative estimate of drug-likeness (QED) is 0.379. The second kappa shape index (κ2) is 14.8. The third kappa shape index (κ3) is 7.09. The van der Waals surface area contributed by atoms with E-state index >= 15 is 0 Å². The van der Waals surface area contributed by atoms with Crippen molar-refractivity contribution in [2.45, 2.75) is 102 Å². The van der Waals surface area contributed by atoms with Crippen LogP contribution in [-0.2, 0) is 14.3 Å². The standard InChI is InChI=1S/C39H50N8O7/c1-23-8-17-45(23)39(53)54-28-4-2-26(19-28)32-21-33(40)42-47(32)35(49)18-24-9-13-43(14-10-24)22-25-11-15-44(16-12-25)27-3-5-29-30(20-27)38(52)46(37(29)51)31-6-7-34(48)41-36(31)50/h3,5,20-21,23-26,28,31H,2,4,6-19,22H2,1H3,(H2,40,42)(H,41,48,50)/t23-,26-,28+,31?/m0/s1. The molecule has 3 N–H and O–H groups in total. The Morgan fingerprint density at radius 1 is 0.870 bits per heavy atom. The summed E-state index contributed by atoms with van der Waals surface area (Å²) in [6, 6.07) is 6.39. The molecule has 4 saturated heterocycles. The second-order valence-electron chi connectivity index (χ2n) is 16.2. The van der Waals surface area contributed by atoms with Gasteiger partial charge < -0.3 is 25.2 Å². The third-order valence-electron chi connectivity index (χ3n) is 12.7. The van der Waals surface area contributed by atoms with Crippen molar-refractivity contribution < 1.29 is 33.5 Å². The van der Waals surface area contributed by atoms with Crippen molar-refractivity contribution in [3.8, 4) is 0 Å². The number of piperidine rings is 3. The molecule has 6 aliphatic rings. The molecule has 1 aromatic carbocycles. The van der Waals surface area contributed by atoms with E-state index in [-0.39, 0.29) is 48.8 Å². The lowest BCUT2D eigenvalue weighted by Gasteiger charge is -2.38. The largest absolute Gasteiger partial charge is 0.446 e. The van der Waals surface area contributed by atoms with Crippen molar-refractivity contribution in [2.24, 2.45) is 11.8 Å². The molecular weight excluding hydrogens is 692 g/mol. The van der Waals surface area contributed by atoms with E-state index in [1.54, 1.807) is 23.1 Å². The maximum atomic E-state index is 13.6. The smallest absolute Gasteiger partial charge is 0.410 e. The minimum atomic E-state index is -0.974. The van der Waals surface area contributed by atoms with Crippen molar-refractivity contribution >= 4 is 47.1 Å². The number of fused-ring (bicyclic) bond motifs is 1. The van der Waals surface area contributed by atoms with Crippen LogP contribution in [0.25, 0.3) is 0 Å². The van der Waals surface area contributed by atoms with Crippen LogP contribution in [0.15, 0.2) is 24.3 Å². The topological polar surface area (TPSA) is 180 Å². The minimum absolute atomic E-state index is 0.0244. The molecule has 2 aromatic rings. The van der Waals surface area contributed by atoms with Crippen LogP contribution < -0.4 is 16.0 Å². The first-order valence-electron chi connectivity index (χ1n) is 19.7. The number of rotatable bonds is 8. The Kier molecular flexibility index (Phi) is 9.92. The van der Waals surface area contributed by atoms with Crippen LogP contribution in [0.5, 0.6) is 0 Å². The van der Waals surface area contributed by atoms with Gasteiger partial charge in [-0.2, -0.15) is 0 Å².